The van der Waals surface area contributed by atoms with Crippen LogP contribution < -0.4 is 4.74 Å². The first-order valence-corrected chi connectivity index (χ1v) is 6.58. The van der Waals surface area contributed by atoms with Crippen molar-refractivity contribution in [2.24, 2.45) is 0 Å². The third-order valence-electron chi connectivity index (χ3n) is 2.67. The van der Waals surface area contributed by atoms with Crippen LogP contribution in [0.15, 0.2) is 54.5 Å². The zero-order valence-electron chi connectivity index (χ0n) is 15.7. The number of benzene rings is 2. The Kier molecular flexibility index (Phi) is 3.30. The minimum absolute atomic E-state index is 0.0630. The van der Waals surface area contributed by atoms with E-state index in [0.717, 1.165) is 24.3 Å². The lowest BCUT2D eigenvalue weighted by atomic mass is 10.1. The highest BCUT2D eigenvalue weighted by atomic mass is 35.5. The van der Waals surface area contributed by atoms with E-state index >= 15 is 0 Å². The van der Waals surface area contributed by atoms with E-state index in [1.54, 1.807) is 0 Å². The monoisotopic (exact) mass is 319 g/mol. The van der Waals surface area contributed by atoms with E-state index in [1.165, 1.54) is 0 Å². The first-order valence-electron chi connectivity index (χ1n) is 8.54. The average Bonchev–Trinajstić information content (AvgIpc) is 2.58. The van der Waals surface area contributed by atoms with Crippen molar-refractivity contribution in [3.63, 3.8) is 0 Å². The molecule has 0 spiro atoms. The van der Waals surface area contributed by atoms with Crippen molar-refractivity contribution in [3.05, 3.63) is 65.6 Å². The summed E-state index contributed by atoms with van der Waals surface area (Å²) in [6.07, 6.45) is -5.38. The fourth-order valence-corrected chi connectivity index (χ4v) is 1.87. The normalized spacial score (nSPS) is 16.3. The van der Waals surface area contributed by atoms with Gasteiger partial charge in [0.15, 0.2) is 0 Å². The first kappa shape index (κ1) is 10.1. The second-order valence-corrected chi connectivity index (χ2v) is 4.52. The van der Waals surface area contributed by atoms with Crippen molar-refractivity contribution in [1.29, 1.82) is 0 Å². The second-order valence-electron chi connectivity index (χ2n) is 4.14. The zero-order chi connectivity index (χ0) is 19.6. The van der Waals surface area contributed by atoms with E-state index in [4.69, 9.17) is 23.2 Å². The van der Waals surface area contributed by atoms with Gasteiger partial charge in [-0.1, -0.05) is 30.2 Å². The van der Waals surface area contributed by atoms with Crippen LogP contribution in [0.2, 0.25) is 0 Å². The highest BCUT2D eigenvalue weighted by Gasteiger charge is 2.30. The Morgan fingerprint density at radius 3 is 2.24 bits per heavy atom. The summed E-state index contributed by atoms with van der Waals surface area (Å²) in [4.78, 5) is 0. The molecule has 112 valence electrons. The molecule has 0 saturated heterocycles. The van der Waals surface area contributed by atoms with Crippen LogP contribution in [0.5, 0.6) is 5.75 Å². The van der Waals surface area contributed by atoms with Gasteiger partial charge in [0.25, 0.3) is 0 Å². The Morgan fingerprint density at radius 2 is 1.71 bits per heavy atom. The molecule has 21 heavy (non-hydrogen) atoms. The Balaban J connectivity index is 2.42. The molecule has 0 unspecified atom stereocenters. The minimum atomic E-state index is -4.49. The smallest absolute Gasteiger partial charge is 0.416 e. The molecule has 1 atom stereocenters. The summed E-state index contributed by atoms with van der Waals surface area (Å²) in [6, 6.07) is 1.47. The van der Waals surface area contributed by atoms with Crippen LogP contribution in [-0.2, 0) is 6.18 Å². The molecule has 0 aliphatic carbocycles. The van der Waals surface area contributed by atoms with Crippen molar-refractivity contribution in [1.82, 2.24) is 0 Å². The Hall–Kier alpha value is -1.68. The summed E-state index contributed by atoms with van der Waals surface area (Å²) >= 11 is 5.73. The fourth-order valence-electron chi connectivity index (χ4n) is 1.67. The van der Waals surface area contributed by atoms with E-state index in [2.05, 4.69) is 0 Å². The Labute approximate surface area is 133 Å². The summed E-state index contributed by atoms with van der Waals surface area (Å²) in [7, 11) is 0. The maximum absolute atomic E-state index is 12.6. The Bertz CT molecular complexity index is 767. The van der Waals surface area contributed by atoms with Gasteiger partial charge in [-0.2, -0.15) is 13.2 Å². The van der Waals surface area contributed by atoms with Crippen LogP contribution in [0, 0.1) is 0 Å². The lowest BCUT2D eigenvalue weighted by molar-refractivity contribution is -0.137. The molecule has 2 aromatic carbocycles. The van der Waals surface area contributed by atoms with E-state index in [9.17, 15) is 13.2 Å². The van der Waals surface area contributed by atoms with E-state index < -0.39 is 48.1 Å². The van der Waals surface area contributed by atoms with Crippen LogP contribution in [0.25, 0.3) is 0 Å². The zero-order valence-corrected chi connectivity index (χ0v) is 11.5. The fraction of sp³-hybridized carbons (Fsp3) is 0.250. The molecule has 0 fully saturated rings. The van der Waals surface area contributed by atoms with Crippen molar-refractivity contribution in [3.8, 4) is 5.75 Å². The van der Waals surface area contributed by atoms with Crippen LogP contribution >= 0.6 is 11.6 Å². The van der Waals surface area contributed by atoms with Gasteiger partial charge in [0.05, 0.1) is 12.4 Å². The quantitative estimate of drug-likeness (QED) is 0.665. The van der Waals surface area contributed by atoms with Gasteiger partial charge in [-0.25, -0.2) is 0 Å². The predicted molar refractivity (Wildman–Crippen MR) is 76.6 cm³/mol. The summed E-state index contributed by atoms with van der Waals surface area (Å²) in [5.41, 5.74) is -0.932. The molecule has 0 saturated carbocycles. The van der Waals surface area contributed by atoms with Gasteiger partial charge in [0.2, 0.25) is 0 Å². The molecular formula is C16H14ClF3O. The predicted octanol–water partition coefficient (Wildman–Crippen LogP) is 5.45. The van der Waals surface area contributed by atoms with Crippen molar-refractivity contribution in [2.45, 2.75) is 18.7 Å². The van der Waals surface area contributed by atoms with Gasteiger partial charge in [-0.3, -0.25) is 0 Å². The van der Waals surface area contributed by atoms with Gasteiger partial charge < -0.3 is 4.74 Å². The van der Waals surface area contributed by atoms with Crippen molar-refractivity contribution < 1.29 is 24.8 Å². The van der Waals surface area contributed by atoms with Crippen LogP contribution in [0.1, 0.15) is 30.5 Å². The highest BCUT2D eigenvalue weighted by molar-refractivity contribution is 6.17. The number of ether oxygens (including phenoxy) is 1. The van der Waals surface area contributed by atoms with E-state index in [-0.39, 0.29) is 23.6 Å². The summed E-state index contributed by atoms with van der Waals surface area (Å²) in [5.74, 6) is 0.132. The van der Waals surface area contributed by atoms with Crippen LogP contribution in [-0.4, -0.2) is 5.88 Å². The van der Waals surface area contributed by atoms with E-state index in [1.807, 2.05) is 0 Å². The summed E-state index contributed by atoms with van der Waals surface area (Å²) < 4.78 is 82.5. The molecule has 0 radical (unpaired) electrons. The topological polar surface area (TPSA) is 9.23 Å². The standard InChI is InChI=1S/C16H14ClF3O/c17-11-10-15(12-4-2-1-3-5-12)21-14-8-6-13(7-9-14)16(18,19)20/h1-9,15H,10-11H2/t15-/m1/s1/i1D,2D,3D,4D,5D. The number of alkyl halides is 4. The number of rotatable bonds is 5. The highest BCUT2D eigenvalue weighted by Crippen LogP contribution is 2.31. The number of hydrogen-bond acceptors (Lipinski definition) is 1. The molecule has 0 aromatic heterocycles. The molecule has 1 nitrogen and oxygen atoms in total. The van der Waals surface area contributed by atoms with Gasteiger partial charge in [-0.15, -0.1) is 11.6 Å². The molecule has 0 N–H and O–H groups in total. The van der Waals surface area contributed by atoms with Gasteiger partial charge in [0, 0.05) is 12.3 Å². The van der Waals surface area contributed by atoms with Gasteiger partial charge in [-0.05, 0) is 29.8 Å². The Morgan fingerprint density at radius 1 is 1.10 bits per heavy atom. The third kappa shape index (κ3) is 4.39. The van der Waals surface area contributed by atoms with Crippen LogP contribution in [0.3, 0.4) is 0 Å². The summed E-state index contributed by atoms with van der Waals surface area (Å²) in [5, 5.41) is 0. The largest absolute Gasteiger partial charge is 0.486 e. The molecular weight excluding hydrogens is 301 g/mol. The van der Waals surface area contributed by atoms with Gasteiger partial charge in [0.1, 0.15) is 11.9 Å². The molecule has 5 heteroatoms. The average molecular weight is 320 g/mol. The molecule has 0 aliphatic rings. The molecule has 0 heterocycles. The molecule has 2 rings (SSSR count). The molecule has 0 bridgehead atoms. The number of hydrogen-bond donors (Lipinski definition) is 0. The van der Waals surface area contributed by atoms with Crippen molar-refractivity contribution >= 4 is 11.6 Å². The van der Waals surface area contributed by atoms with Crippen molar-refractivity contribution in [2.75, 3.05) is 5.88 Å². The summed E-state index contributed by atoms with van der Waals surface area (Å²) in [6.45, 7) is 0. The second kappa shape index (κ2) is 6.85. The maximum Gasteiger partial charge on any atom is 0.416 e. The minimum Gasteiger partial charge on any atom is -0.486 e. The lowest BCUT2D eigenvalue weighted by Gasteiger charge is -2.19. The number of halogens is 4. The third-order valence-corrected chi connectivity index (χ3v) is 2.89. The SMILES string of the molecule is [2H]c1c([2H])c([2H])c([C@@H](CCCl)Oc2ccc(C(F)(F)F)cc2)c([2H])c1[2H]. The lowest BCUT2D eigenvalue weighted by Crippen LogP contribution is -2.09. The van der Waals surface area contributed by atoms with Gasteiger partial charge >= 0.3 is 6.18 Å². The molecule has 2 aromatic rings. The van der Waals surface area contributed by atoms with E-state index in [0.29, 0.717) is 0 Å². The molecule has 0 aliphatic heterocycles. The van der Waals surface area contributed by atoms with Crippen LogP contribution in [0.4, 0.5) is 13.2 Å². The first-order chi connectivity index (χ1) is 12.1. The maximum atomic E-state index is 12.6. The molecule has 0 amide bonds.